The van der Waals surface area contributed by atoms with Gasteiger partial charge < -0.3 is 29.5 Å². The molecule has 25 heavy (non-hydrogen) atoms. The van der Waals surface area contributed by atoms with Crippen LogP contribution in [-0.2, 0) is 13.1 Å². The normalized spacial score (nSPS) is 13.1. The number of amides is 2. The number of urea groups is 1. The highest BCUT2D eigenvalue weighted by molar-refractivity contribution is 5.93. The summed E-state index contributed by atoms with van der Waals surface area (Å²) in [4.78, 5) is 14.1. The Bertz CT molecular complexity index is 806. The summed E-state index contributed by atoms with van der Waals surface area (Å²) in [5, 5.41) is 12.6. The number of nitrogens with one attached hydrogen (secondary N) is 1. The van der Waals surface area contributed by atoms with E-state index in [0.29, 0.717) is 36.0 Å². The Morgan fingerprint density at radius 3 is 2.52 bits per heavy atom. The third-order valence-corrected chi connectivity index (χ3v) is 4.14. The van der Waals surface area contributed by atoms with E-state index in [2.05, 4.69) is 5.32 Å². The van der Waals surface area contributed by atoms with E-state index in [1.54, 1.807) is 25.2 Å². The number of anilines is 1. The molecule has 0 aliphatic carbocycles. The van der Waals surface area contributed by atoms with Gasteiger partial charge in [-0.15, -0.1) is 0 Å². The molecule has 2 aromatic carbocycles. The number of methoxy groups -OCH3 is 3. The number of hydrogen-bond acceptors (Lipinski definition) is 5. The van der Waals surface area contributed by atoms with Crippen molar-refractivity contribution < 1.29 is 24.1 Å². The average molecular weight is 344 g/mol. The lowest BCUT2D eigenvalue weighted by atomic mass is 10.1. The highest BCUT2D eigenvalue weighted by Crippen LogP contribution is 2.36. The third-order valence-electron chi connectivity index (χ3n) is 4.14. The summed E-state index contributed by atoms with van der Waals surface area (Å²) in [5.41, 5.74) is 2.28. The van der Waals surface area contributed by atoms with Gasteiger partial charge in [-0.3, -0.25) is 0 Å². The molecule has 0 bridgehead atoms. The highest BCUT2D eigenvalue weighted by Gasteiger charge is 2.25. The number of carbonyl (C=O) groups is 1. The molecule has 7 nitrogen and oxygen atoms in total. The Hall–Kier alpha value is -3.09. The van der Waals surface area contributed by atoms with Crippen LogP contribution in [0.4, 0.5) is 10.5 Å². The predicted octanol–water partition coefficient (Wildman–Crippen LogP) is 2.97. The molecule has 0 saturated carbocycles. The maximum Gasteiger partial charge on any atom is 0.322 e. The molecule has 0 unspecified atom stereocenters. The molecule has 1 aliphatic heterocycles. The first kappa shape index (κ1) is 16.8. The van der Waals surface area contributed by atoms with E-state index in [1.807, 2.05) is 18.2 Å². The number of rotatable bonds is 5. The standard InChI is InChI=1S/C18H20N2O5/c1-23-13-4-5-16(24-2)12(6-13)10-20-9-11-7-17(25-3)15(21)8-14(11)19-18(20)22/h4-8,21H,9-10H2,1-3H3,(H,19,22). The number of fused-ring (bicyclic) bond motifs is 1. The number of phenolic OH excluding ortho intramolecular Hbond substituents is 1. The minimum Gasteiger partial charge on any atom is -0.504 e. The average Bonchev–Trinajstić information content (AvgIpc) is 2.62. The van der Waals surface area contributed by atoms with Crippen LogP contribution in [0.15, 0.2) is 30.3 Å². The van der Waals surface area contributed by atoms with Gasteiger partial charge in [-0.1, -0.05) is 0 Å². The second kappa shape index (κ2) is 6.80. The zero-order valence-electron chi connectivity index (χ0n) is 14.3. The Balaban J connectivity index is 1.88. The van der Waals surface area contributed by atoms with Crippen LogP contribution < -0.4 is 19.5 Å². The van der Waals surface area contributed by atoms with Gasteiger partial charge in [0.05, 0.1) is 33.6 Å². The van der Waals surface area contributed by atoms with Gasteiger partial charge in [0, 0.05) is 18.2 Å². The first-order valence-corrected chi connectivity index (χ1v) is 7.72. The van der Waals surface area contributed by atoms with Crippen molar-refractivity contribution in [3.8, 4) is 23.0 Å². The maximum absolute atomic E-state index is 12.4. The molecule has 1 heterocycles. The number of hydrogen-bond donors (Lipinski definition) is 2. The third kappa shape index (κ3) is 3.26. The number of nitrogens with zero attached hydrogens (tertiary/aromatic N) is 1. The molecular formula is C18H20N2O5. The Labute approximate surface area is 145 Å². The van der Waals surface area contributed by atoms with Crippen molar-refractivity contribution in [1.29, 1.82) is 0 Å². The number of aromatic hydroxyl groups is 1. The van der Waals surface area contributed by atoms with Crippen molar-refractivity contribution >= 4 is 11.7 Å². The largest absolute Gasteiger partial charge is 0.504 e. The molecule has 0 spiro atoms. The molecule has 0 aromatic heterocycles. The first-order valence-electron chi connectivity index (χ1n) is 7.72. The fourth-order valence-electron chi connectivity index (χ4n) is 2.83. The van der Waals surface area contributed by atoms with Gasteiger partial charge in [-0.25, -0.2) is 4.79 Å². The molecule has 0 radical (unpaired) electrons. The lowest BCUT2D eigenvalue weighted by molar-refractivity contribution is 0.203. The van der Waals surface area contributed by atoms with Crippen LogP contribution in [0.2, 0.25) is 0 Å². The van der Waals surface area contributed by atoms with Gasteiger partial charge in [-0.05, 0) is 29.8 Å². The van der Waals surface area contributed by atoms with Crippen LogP contribution in [0.3, 0.4) is 0 Å². The van der Waals surface area contributed by atoms with Crippen molar-refractivity contribution in [2.75, 3.05) is 26.6 Å². The first-order chi connectivity index (χ1) is 12.0. The minimum absolute atomic E-state index is 0.00975. The van der Waals surface area contributed by atoms with E-state index in [0.717, 1.165) is 11.1 Å². The summed E-state index contributed by atoms with van der Waals surface area (Å²) in [6.45, 7) is 0.743. The van der Waals surface area contributed by atoms with E-state index in [-0.39, 0.29) is 11.8 Å². The van der Waals surface area contributed by atoms with Crippen LogP contribution in [-0.4, -0.2) is 37.4 Å². The van der Waals surface area contributed by atoms with Gasteiger partial charge in [0.2, 0.25) is 0 Å². The summed E-state index contributed by atoms with van der Waals surface area (Å²) in [6.07, 6.45) is 0. The lowest BCUT2D eigenvalue weighted by Crippen LogP contribution is -2.38. The van der Waals surface area contributed by atoms with Crippen molar-refractivity contribution in [2.45, 2.75) is 13.1 Å². The fourth-order valence-corrected chi connectivity index (χ4v) is 2.83. The van der Waals surface area contributed by atoms with Gasteiger partial charge in [0.1, 0.15) is 11.5 Å². The SMILES string of the molecule is COc1ccc(OC)c(CN2Cc3cc(OC)c(O)cc3NC2=O)c1. The molecule has 3 rings (SSSR count). The number of carbonyl (C=O) groups excluding carboxylic acids is 1. The maximum atomic E-state index is 12.4. The molecule has 1 aliphatic rings. The van der Waals surface area contributed by atoms with Crippen LogP contribution in [0, 0.1) is 0 Å². The van der Waals surface area contributed by atoms with Gasteiger partial charge >= 0.3 is 6.03 Å². The molecule has 0 fully saturated rings. The zero-order valence-corrected chi connectivity index (χ0v) is 14.3. The summed E-state index contributed by atoms with van der Waals surface area (Å²) >= 11 is 0. The lowest BCUT2D eigenvalue weighted by Gasteiger charge is -2.30. The molecule has 0 atom stereocenters. The molecular weight excluding hydrogens is 324 g/mol. The van der Waals surface area contributed by atoms with Crippen LogP contribution in [0.1, 0.15) is 11.1 Å². The number of ether oxygens (including phenoxy) is 3. The van der Waals surface area contributed by atoms with Crippen molar-refractivity contribution in [3.05, 3.63) is 41.5 Å². The summed E-state index contributed by atoms with van der Waals surface area (Å²) in [7, 11) is 4.67. The molecule has 2 N–H and O–H groups in total. The summed E-state index contributed by atoms with van der Waals surface area (Å²) in [6, 6.07) is 8.43. The summed E-state index contributed by atoms with van der Waals surface area (Å²) in [5.74, 6) is 1.74. The quantitative estimate of drug-likeness (QED) is 0.872. The van der Waals surface area contributed by atoms with Gasteiger partial charge in [0.25, 0.3) is 0 Å². The monoisotopic (exact) mass is 344 g/mol. The van der Waals surface area contributed by atoms with E-state index in [1.165, 1.54) is 13.2 Å². The second-order valence-corrected chi connectivity index (χ2v) is 5.65. The van der Waals surface area contributed by atoms with Crippen molar-refractivity contribution in [3.63, 3.8) is 0 Å². The van der Waals surface area contributed by atoms with Crippen molar-refractivity contribution in [2.24, 2.45) is 0 Å². The zero-order chi connectivity index (χ0) is 18.0. The van der Waals surface area contributed by atoms with Crippen LogP contribution >= 0.6 is 0 Å². The molecule has 7 heteroatoms. The molecule has 2 amide bonds. The van der Waals surface area contributed by atoms with E-state index in [9.17, 15) is 9.90 Å². The topological polar surface area (TPSA) is 80.3 Å². The van der Waals surface area contributed by atoms with E-state index in [4.69, 9.17) is 14.2 Å². The predicted molar refractivity (Wildman–Crippen MR) is 92.5 cm³/mol. The van der Waals surface area contributed by atoms with Gasteiger partial charge in [-0.2, -0.15) is 0 Å². The Morgan fingerprint density at radius 1 is 1.08 bits per heavy atom. The smallest absolute Gasteiger partial charge is 0.322 e. The molecule has 0 saturated heterocycles. The second-order valence-electron chi connectivity index (χ2n) is 5.65. The molecule has 2 aromatic rings. The number of benzene rings is 2. The Morgan fingerprint density at radius 2 is 1.84 bits per heavy atom. The van der Waals surface area contributed by atoms with Gasteiger partial charge in [0.15, 0.2) is 11.5 Å². The minimum atomic E-state index is -0.248. The van der Waals surface area contributed by atoms with Crippen LogP contribution in [0.5, 0.6) is 23.0 Å². The highest BCUT2D eigenvalue weighted by atomic mass is 16.5. The number of phenols is 1. The van der Waals surface area contributed by atoms with E-state index < -0.39 is 0 Å². The van der Waals surface area contributed by atoms with E-state index >= 15 is 0 Å². The Kier molecular flexibility index (Phi) is 4.56. The molecule has 132 valence electrons. The summed E-state index contributed by atoms with van der Waals surface area (Å²) < 4.78 is 15.8. The fraction of sp³-hybridized carbons (Fsp3) is 0.278. The van der Waals surface area contributed by atoms with Crippen molar-refractivity contribution in [1.82, 2.24) is 4.90 Å². The van der Waals surface area contributed by atoms with Crippen LogP contribution in [0.25, 0.3) is 0 Å².